The van der Waals surface area contributed by atoms with Crippen molar-refractivity contribution in [2.75, 3.05) is 0 Å². The van der Waals surface area contributed by atoms with E-state index in [1.165, 1.54) is 44.1 Å². The van der Waals surface area contributed by atoms with Gasteiger partial charge in [0.05, 0.1) is 0 Å². The Morgan fingerprint density at radius 2 is 1.78 bits per heavy atom. The molecule has 0 unspecified atom stereocenters. The Hall–Kier alpha value is -0.590. The van der Waals surface area contributed by atoms with Crippen LogP contribution in [0.4, 0.5) is 0 Å². The van der Waals surface area contributed by atoms with Gasteiger partial charge in [-0.25, -0.2) is 0 Å². The lowest BCUT2D eigenvalue weighted by Gasteiger charge is -2.43. The molecule has 0 N–H and O–H groups in total. The number of rotatable bonds is 1. The van der Waals surface area contributed by atoms with Crippen molar-refractivity contribution in [3.8, 4) is 0 Å². The van der Waals surface area contributed by atoms with Gasteiger partial charge in [0, 0.05) is 12.3 Å². The Bertz CT molecular complexity index is 349. The first-order valence-corrected chi connectivity index (χ1v) is 7.95. The van der Waals surface area contributed by atoms with Crippen LogP contribution in [0.3, 0.4) is 0 Å². The predicted octanol–water partition coefficient (Wildman–Crippen LogP) is 4.52. The van der Waals surface area contributed by atoms with Crippen molar-refractivity contribution in [3.05, 3.63) is 11.6 Å². The van der Waals surface area contributed by atoms with Crippen molar-refractivity contribution in [2.24, 2.45) is 23.7 Å². The minimum absolute atomic E-state index is 0.384. The zero-order valence-electron chi connectivity index (χ0n) is 11.7. The highest BCUT2D eigenvalue weighted by atomic mass is 16.1. The highest BCUT2D eigenvalue weighted by Gasteiger charge is 2.41. The molecule has 2 saturated carbocycles. The number of ketones is 1. The lowest BCUT2D eigenvalue weighted by Crippen LogP contribution is -2.39. The quantitative estimate of drug-likeness (QED) is 0.622. The molecule has 0 aromatic rings. The maximum absolute atomic E-state index is 12.1. The Labute approximate surface area is 111 Å². The molecule has 1 nitrogen and oxygen atoms in total. The molecule has 0 radical (unpaired) electrons. The number of carbonyl (C=O) groups excluding carboxylic acids is 1. The lowest BCUT2D eigenvalue weighted by molar-refractivity contribution is -0.128. The first-order valence-electron chi connectivity index (χ1n) is 7.95. The molecule has 0 bridgehead atoms. The summed E-state index contributed by atoms with van der Waals surface area (Å²) in [5, 5.41) is 0. The summed E-state index contributed by atoms with van der Waals surface area (Å²) in [4.78, 5) is 12.1. The Kier molecular flexibility index (Phi) is 3.59. The van der Waals surface area contributed by atoms with Crippen LogP contribution < -0.4 is 0 Å². The Morgan fingerprint density at radius 1 is 1.00 bits per heavy atom. The number of hydrogen-bond donors (Lipinski definition) is 0. The largest absolute Gasteiger partial charge is 0.299 e. The smallest absolute Gasteiger partial charge is 0.136 e. The van der Waals surface area contributed by atoms with Crippen LogP contribution in [0.25, 0.3) is 0 Å². The second-order valence-electron chi connectivity index (χ2n) is 6.80. The van der Waals surface area contributed by atoms with Crippen molar-refractivity contribution in [3.63, 3.8) is 0 Å². The molecule has 0 aromatic heterocycles. The summed E-state index contributed by atoms with van der Waals surface area (Å²) in [6.07, 6.45) is 14.0. The van der Waals surface area contributed by atoms with E-state index in [1.807, 2.05) is 0 Å². The topological polar surface area (TPSA) is 17.1 Å². The number of fused-ring (bicyclic) bond motifs is 1. The first kappa shape index (κ1) is 12.4. The molecule has 0 spiro atoms. The van der Waals surface area contributed by atoms with Crippen molar-refractivity contribution in [1.82, 2.24) is 0 Å². The van der Waals surface area contributed by atoms with Gasteiger partial charge in [0.15, 0.2) is 0 Å². The molecular weight excluding hydrogens is 220 g/mol. The highest BCUT2D eigenvalue weighted by Crippen LogP contribution is 2.47. The zero-order chi connectivity index (χ0) is 12.5. The minimum atomic E-state index is 0.384. The summed E-state index contributed by atoms with van der Waals surface area (Å²) in [6.45, 7) is 2.26. The maximum Gasteiger partial charge on any atom is 0.136 e. The Balaban J connectivity index is 1.80. The SMILES string of the molecule is CC1=C[C@@H]2[C@H](CC1)C(=O)CC[C@H]2C1CCCCC1. The fourth-order valence-electron chi connectivity index (χ4n) is 4.70. The summed E-state index contributed by atoms with van der Waals surface area (Å²) >= 11 is 0. The van der Waals surface area contributed by atoms with Gasteiger partial charge in [0.2, 0.25) is 0 Å². The van der Waals surface area contributed by atoms with E-state index < -0.39 is 0 Å². The monoisotopic (exact) mass is 246 g/mol. The molecule has 3 atom stereocenters. The molecular formula is C17H26O. The van der Waals surface area contributed by atoms with Crippen molar-refractivity contribution in [2.45, 2.75) is 64.7 Å². The third-order valence-corrected chi connectivity index (χ3v) is 5.68. The van der Waals surface area contributed by atoms with Gasteiger partial charge in [-0.05, 0) is 43.9 Å². The molecule has 1 heteroatoms. The van der Waals surface area contributed by atoms with Crippen LogP contribution in [0.1, 0.15) is 64.7 Å². The molecule has 3 aliphatic carbocycles. The fourth-order valence-corrected chi connectivity index (χ4v) is 4.70. The van der Waals surface area contributed by atoms with Crippen LogP contribution in [0.5, 0.6) is 0 Å². The van der Waals surface area contributed by atoms with Gasteiger partial charge in [0.1, 0.15) is 5.78 Å². The third-order valence-electron chi connectivity index (χ3n) is 5.68. The summed E-state index contributed by atoms with van der Waals surface area (Å²) in [6, 6.07) is 0. The minimum Gasteiger partial charge on any atom is -0.299 e. The van der Waals surface area contributed by atoms with E-state index in [2.05, 4.69) is 13.0 Å². The van der Waals surface area contributed by atoms with Crippen LogP contribution >= 0.6 is 0 Å². The average molecular weight is 246 g/mol. The molecule has 3 aliphatic rings. The van der Waals surface area contributed by atoms with Crippen LogP contribution in [0.15, 0.2) is 11.6 Å². The van der Waals surface area contributed by atoms with E-state index in [4.69, 9.17) is 0 Å². The van der Waals surface area contributed by atoms with E-state index in [-0.39, 0.29) is 0 Å². The highest BCUT2D eigenvalue weighted by molar-refractivity contribution is 5.82. The molecule has 0 aromatic carbocycles. The van der Waals surface area contributed by atoms with Gasteiger partial charge >= 0.3 is 0 Å². The molecule has 0 heterocycles. The molecule has 3 rings (SSSR count). The average Bonchev–Trinajstić information content (AvgIpc) is 2.40. The molecule has 0 saturated heterocycles. The van der Waals surface area contributed by atoms with Gasteiger partial charge in [-0.1, -0.05) is 43.8 Å². The second kappa shape index (κ2) is 5.19. The van der Waals surface area contributed by atoms with Gasteiger partial charge in [-0.2, -0.15) is 0 Å². The number of allylic oxidation sites excluding steroid dienone is 2. The second-order valence-corrected chi connectivity index (χ2v) is 6.80. The molecule has 0 amide bonds. The van der Waals surface area contributed by atoms with E-state index in [0.717, 1.165) is 31.1 Å². The van der Waals surface area contributed by atoms with Gasteiger partial charge in [-0.15, -0.1) is 0 Å². The van der Waals surface area contributed by atoms with Crippen molar-refractivity contribution >= 4 is 5.78 Å². The molecule has 2 fully saturated rings. The summed E-state index contributed by atoms with van der Waals surface area (Å²) in [5.74, 6) is 3.29. The van der Waals surface area contributed by atoms with Crippen LogP contribution in [-0.2, 0) is 4.79 Å². The van der Waals surface area contributed by atoms with Gasteiger partial charge in [-0.3, -0.25) is 4.79 Å². The third kappa shape index (κ3) is 2.29. The van der Waals surface area contributed by atoms with Gasteiger partial charge < -0.3 is 0 Å². The zero-order valence-corrected chi connectivity index (χ0v) is 11.7. The number of Topliss-reactive ketones (excluding diaryl/α,β-unsaturated/α-hetero) is 1. The van der Waals surface area contributed by atoms with Crippen molar-refractivity contribution in [1.29, 1.82) is 0 Å². The molecule has 0 aliphatic heterocycles. The predicted molar refractivity (Wildman–Crippen MR) is 74.3 cm³/mol. The van der Waals surface area contributed by atoms with Crippen molar-refractivity contribution < 1.29 is 4.79 Å². The van der Waals surface area contributed by atoms with Crippen LogP contribution in [0.2, 0.25) is 0 Å². The maximum atomic E-state index is 12.1. The van der Waals surface area contributed by atoms with E-state index in [9.17, 15) is 4.79 Å². The van der Waals surface area contributed by atoms with E-state index >= 15 is 0 Å². The summed E-state index contributed by atoms with van der Waals surface area (Å²) in [5.41, 5.74) is 1.53. The standard InChI is InChI=1S/C17H26O/c1-12-7-8-15-16(11-12)14(9-10-17(15)18)13-5-3-2-4-6-13/h11,13-16H,2-10H2,1H3/t14-,15-,16-/m0/s1. The van der Waals surface area contributed by atoms with Crippen LogP contribution in [-0.4, -0.2) is 5.78 Å². The lowest BCUT2D eigenvalue weighted by atomic mass is 9.61. The van der Waals surface area contributed by atoms with E-state index in [0.29, 0.717) is 17.6 Å². The number of carbonyl (C=O) groups is 1. The molecule has 18 heavy (non-hydrogen) atoms. The van der Waals surface area contributed by atoms with Crippen LogP contribution in [0, 0.1) is 23.7 Å². The Morgan fingerprint density at radius 3 is 2.56 bits per heavy atom. The van der Waals surface area contributed by atoms with E-state index in [1.54, 1.807) is 0 Å². The first-order chi connectivity index (χ1) is 8.75. The summed E-state index contributed by atoms with van der Waals surface area (Å²) in [7, 11) is 0. The normalized spacial score (nSPS) is 38.2. The fraction of sp³-hybridized carbons (Fsp3) is 0.824. The molecule has 100 valence electrons. The summed E-state index contributed by atoms with van der Waals surface area (Å²) < 4.78 is 0. The van der Waals surface area contributed by atoms with Gasteiger partial charge in [0.25, 0.3) is 0 Å². The number of hydrogen-bond acceptors (Lipinski definition) is 1.